The molecule has 0 spiro atoms. The monoisotopic (exact) mass is 586 g/mol. The quantitative estimate of drug-likeness (QED) is 0.159. The van der Waals surface area contributed by atoms with Crippen LogP contribution in [0.1, 0.15) is 141 Å². The summed E-state index contributed by atoms with van der Waals surface area (Å²) >= 11 is 6.44. The summed E-state index contributed by atoms with van der Waals surface area (Å²) in [5.74, 6) is 0. The molecule has 0 aromatic heterocycles. The number of thioether (sulfide) groups is 2. The van der Waals surface area contributed by atoms with Crippen LogP contribution in [0.3, 0.4) is 0 Å². The summed E-state index contributed by atoms with van der Waals surface area (Å²) in [7, 11) is 0. The van der Waals surface area contributed by atoms with Crippen LogP contribution in [0.25, 0.3) is 0 Å². The van der Waals surface area contributed by atoms with Crippen molar-refractivity contribution in [2.24, 2.45) is 0 Å². The minimum absolute atomic E-state index is 0.726. The maximum absolute atomic E-state index is 2.58. The predicted octanol–water partition coefficient (Wildman–Crippen LogP) is 12.6. The first-order valence-electron chi connectivity index (χ1n) is 16.3. The number of aryl methyl sites for hydroxylation is 2. The molecule has 3 heteroatoms. The lowest BCUT2D eigenvalue weighted by Crippen LogP contribution is -2.08. The van der Waals surface area contributed by atoms with Gasteiger partial charge in [-0.15, -0.1) is 23.5 Å². The molecule has 0 aliphatic rings. The largest absolute Gasteiger partial charge is 0.122 e. The van der Waals surface area contributed by atoms with E-state index in [9.17, 15) is 0 Å². The van der Waals surface area contributed by atoms with E-state index in [4.69, 9.17) is 0 Å². The van der Waals surface area contributed by atoms with Crippen molar-refractivity contribution in [3.05, 3.63) is 45.5 Å². The predicted molar refractivity (Wildman–Crippen MR) is 183 cm³/mol. The Bertz CT molecular complexity index is 941. The molecular weight excluding hydrogens is 529 g/mol. The topological polar surface area (TPSA) is 0 Å². The Balaban J connectivity index is 2.68. The van der Waals surface area contributed by atoms with Crippen molar-refractivity contribution < 1.29 is 0 Å². The van der Waals surface area contributed by atoms with E-state index in [1.165, 1.54) is 48.3 Å². The molecule has 220 valence electrons. The van der Waals surface area contributed by atoms with Crippen LogP contribution in [-0.4, -0.2) is 10.5 Å². The molecule has 39 heavy (non-hydrogen) atoms. The first-order valence-corrected chi connectivity index (χ1v) is 18.8. The molecule has 2 unspecified atom stereocenters. The minimum atomic E-state index is 0.726. The highest BCUT2D eigenvalue weighted by Crippen LogP contribution is 2.45. The first-order chi connectivity index (χ1) is 18.9. The van der Waals surface area contributed by atoms with Crippen molar-refractivity contribution >= 4 is 35.3 Å². The second-order valence-electron chi connectivity index (χ2n) is 10.7. The van der Waals surface area contributed by atoms with Crippen LogP contribution in [0, 0.1) is 0 Å². The van der Waals surface area contributed by atoms with Gasteiger partial charge in [0.25, 0.3) is 0 Å². The van der Waals surface area contributed by atoms with Gasteiger partial charge in [-0.3, -0.25) is 0 Å². The van der Waals surface area contributed by atoms with E-state index in [1.807, 2.05) is 0 Å². The van der Waals surface area contributed by atoms with Crippen molar-refractivity contribution in [2.45, 2.75) is 176 Å². The van der Waals surface area contributed by atoms with E-state index in [1.54, 1.807) is 43.2 Å². The Labute approximate surface area is 256 Å². The maximum atomic E-state index is 2.58. The van der Waals surface area contributed by atoms with Crippen LogP contribution in [0.5, 0.6) is 0 Å². The zero-order valence-electron chi connectivity index (χ0n) is 27.0. The zero-order valence-corrected chi connectivity index (χ0v) is 29.5. The lowest BCUT2D eigenvalue weighted by atomic mass is 9.98. The summed E-state index contributed by atoms with van der Waals surface area (Å²) in [5.41, 5.74) is 9.57. The van der Waals surface area contributed by atoms with E-state index in [-0.39, 0.29) is 0 Å². The van der Waals surface area contributed by atoms with Crippen molar-refractivity contribution in [1.82, 2.24) is 0 Å². The molecule has 0 aliphatic heterocycles. The van der Waals surface area contributed by atoms with Crippen molar-refractivity contribution in [3.63, 3.8) is 0 Å². The molecule has 2 aromatic carbocycles. The molecule has 0 amide bonds. The fourth-order valence-electron chi connectivity index (χ4n) is 5.89. The third-order valence-corrected chi connectivity index (χ3v) is 12.6. The van der Waals surface area contributed by atoms with Gasteiger partial charge in [-0.25, -0.2) is 0 Å². The van der Waals surface area contributed by atoms with Crippen LogP contribution >= 0.6 is 35.3 Å². The molecule has 0 bridgehead atoms. The molecule has 0 aliphatic carbocycles. The molecule has 2 atom stereocenters. The molecule has 2 aromatic rings. The molecule has 2 rings (SSSR count). The summed E-state index contributed by atoms with van der Waals surface area (Å²) in [5, 5.41) is 1.45. The van der Waals surface area contributed by atoms with E-state index in [0.717, 1.165) is 49.0 Å². The number of benzene rings is 2. The second kappa shape index (κ2) is 18.1. The number of hydrogen-bond donors (Lipinski definition) is 0. The van der Waals surface area contributed by atoms with E-state index in [2.05, 4.69) is 117 Å². The van der Waals surface area contributed by atoms with Crippen molar-refractivity contribution in [2.75, 3.05) is 0 Å². The summed E-state index contributed by atoms with van der Waals surface area (Å²) in [6, 6.07) is 5.16. The van der Waals surface area contributed by atoms with Gasteiger partial charge in [0.1, 0.15) is 0 Å². The Morgan fingerprint density at radius 2 is 0.846 bits per heavy atom. The average Bonchev–Trinajstić information content (AvgIpc) is 2.96. The number of rotatable bonds is 18. The normalized spacial score (nSPS) is 13.2. The second-order valence-corrected chi connectivity index (χ2v) is 14.4. The van der Waals surface area contributed by atoms with Crippen LogP contribution in [-0.2, 0) is 38.5 Å². The standard InChI is InChI=1S/C36H58S3/c1-11-21-27(15-5)37-35-25(13-3)23-33(29(17-7)31(35)19-9)39-34-24-26(14-4)36(32(20-10)30(34)18-8)38-28(16-6)22-12-2/h23-24,27-28H,11-22H2,1-10H3. The lowest BCUT2D eigenvalue weighted by molar-refractivity contribution is 0.718. The fourth-order valence-corrected chi connectivity index (χ4v) is 10.6. The summed E-state index contributed by atoms with van der Waals surface area (Å²) in [4.78, 5) is 6.23. The third kappa shape index (κ3) is 8.74. The first kappa shape index (κ1) is 34.7. The summed E-state index contributed by atoms with van der Waals surface area (Å²) in [6.45, 7) is 23.6. The molecule has 0 fully saturated rings. The zero-order chi connectivity index (χ0) is 28.9. The van der Waals surface area contributed by atoms with Crippen LogP contribution < -0.4 is 0 Å². The molecule has 0 N–H and O–H groups in total. The molecular formula is C36H58S3. The summed E-state index contributed by atoms with van der Waals surface area (Å²) in [6.07, 6.45) is 14.4. The Morgan fingerprint density at radius 3 is 1.10 bits per heavy atom. The van der Waals surface area contributed by atoms with E-state index >= 15 is 0 Å². The summed E-state index contributed by atoms with van der Waals surface area (Å²) < 4.78 is 0. The van der Waals surface area contributed by atoms with Crippen molar-refractivity contribution in [1.29, 1.82) is 0 Å². The lowest BCUT2D eigenvalue weighted by Gasteiger charge is -2.26. The van der Waals surface area contributed by atoms with Gasteiger partial charge >= 0.3 is 0 Å². The highest BCUT2D eigenvalue weighted by molar-refractivity contribution is 8.00. The van der Waals surface area contributed by atoms with Crippen molar-refractivity contribution in [3.8, 4) is 0 Å². The fraction of sp³-hybridized carbons (Fsp3) is 0.667. The minimum Gasteiger partial charge on any atom is -0.122 e. The van der Waals surface area contributed by atoms with Crippen LogP contribution in [0.2, 0.25) is 0 Å². The van der Waals surface area contributed by atoms with Crippen LogP contribution in [0.15, 0.2) is 31.7 Å². The average molecular weight is 587 g/mol. The van der Waals surface area contributed by atoms with Gasteiger partial charge < -0.3 is 0 Å². The third-order valence-electron chi connectivity index (χ3n) is 8.16. The van der Waals surface area contributed by atoms with Gasteiger partial charge in [0, 0.05) is 30.1 Å². The SMILES string of the molecule is CCCC(CC)Sc1c(CC)cc(Sc2cc(CC)c(SC(CC)CCC)c(CC)c2CC)c(CC)c1CC. The van der Waals surface area contributed by atoms with E-state index in [0.29, 0.717) is 0 Å². The maximum Gasteiger partial charge on any atom is 0.0160 e. The highest BCUT2D eigenvalue weighted by Gasteiger charge is 2.23. The smallest absolute Gasteiger partial charge is 0.0160 e. The molecule has 0 radical (unpaired) electrons. The highest BCUT2D eigenvalue weighted by atomic mass is 32.2. The van der Waals surface area contributed by atoms with Crippen LogP contribution in [0.4, 0.5) is 0 Å². The molecule has 0 saturated heterocycles. The van der Waals surface area contributed by atoms with Gasteiger partial charge in [-0.05, 0) is 110 Å². The Morgan fingerprint density at radius 1 is 0.487 bits per heavy atom. The molecule has 0 nitrogen and oxygen atoms in total. The van der Waals surface area contributed by atoms with Gasteiger partial charge in [-0.1, -0.05) is 93.8 Å². The van der Waals surface area contributed by atoms with E-state index < -0.39 is 0 Å². The van der Waals surface area contributed by atoms with Gasteiger partial charge in [0.05, 0.1) is 0 Å². The molecule has 0 heterocycles. The molecule has 0 saturated carbocycles. The Hall–Kier alpha value is -0.510. The van der Waals surface area contributed by atoms with Gasteiger partial charge in [0.2, 0.25) is 0 Å². The van der Waals surface area contributed by atoms with Gasteiger partial charge in [0.15, 0.2) is 0 Å². The number of hydrogen-bond acceptors (Lipinski definition) is 3. The Kier molecular flexibility index (Phi) is 16.1. The van der Waals surface area contributed by atoms with Gasteiger partial charge in [-0.2, -0.15) is 0 Å².